The van der Waals surface area contributed by atoms with Crippen molar-refractivity contribution in [1.29, 1.82) is 0 Å². The van der Waals surface area contributed by atoms with Gasteiger partial charge in [0.25, 0.3) is 0 Å². The van der Waals surface area contributed by atoms with Crippen LogP contribution >= 0.6 is 0 Å². The maximum atomic E-state index is 12.5. The fraction of sp³-hybridized carbons (Fsp3) is 0.0769. The lowest BCUT2D eigenvalue weighted by atomic mass is 10.0. The molecule has 0 fully saturated rings. The summed E-state index contributed by atoms with van der Waals surface area (Å²) < 4.78 is 69.4. The number of halogens is 3. The normalized spacial score (nSPS) is 12.2. The van der Waals surface area contributed by atoms with Gasteiger partial charge >= 0.3 is 16.5 Å². The highest BCUT2D eigenvalue weighted by Gasteiger charge is 2.29. The standard InChI is InChI=1S/C13H10F3NO3S/c14-13(15,16)11-6-4-9(5-7-11)10-2-1-3-12(8-10)17-21(18,19)20/h1-8,17H,(H,18,19,20). The molecule has 0 amide bonds. The van der Waals surface area contributed by atoms with Crippen LogP contribution in [0.25, 0.3) is 11.1 Å². The quantitative estimate of drug-likeness (QED) is 0.850. The summed E-state index contributed by atoms with van der Waals surface area (Å²) in [5.74, 6) is 0. The van der Waals surface area contributed by atoms with Gasteiger partial charge in [0.2, 0.25) is 0 Å². The SMILES string of the molecule is O=S(=O)(O)Nc1cccc(-c2ccc(C(F)(F)F)cc2)c1. The Labute approximate surface area is 119 Å². The van der Waals surface area contributed by atoms with Gasteiger partial charge in [-0.05, 0) is 35.4 Å². The molecule has 0 aromatic heterocycles. The summed E-state index contributed by atoms with van der Waals surface area (Å²) in [6.07, 6.45) is -4.41. The number of rotatable bonds is 3. The fourth-order valence-electron chi connectivity index (χ4n) is 1.76. The van der Waals surface area contributed by atoms with Crippen molar-refractivity contribution >= 4 is 16.0 Å². The van der Waals surface area contributed by atoms with Gasteiger partial charge in [0.1, 0.15) is 0 Å². The van der Waals surface area contributed by atoms with Crippen LogP contribution in [0.1, 0.15) is 5.56 Å². The summed E-state index contributed by atoms with van der Waals surface area (Å²) in [5, 5.41) is 0. The molecule has 0 aliphatic carbocycles. The molecule has 0 aliphatic heterocycles. The predicted molar refractivity (Wildman–Crippen MR) is 72.1 cm³/mol. The summed E-state index contributed by atoms with van der Waals surface area (Å²) in [5.41, 5.74) is 0.340. The lowest BCUT2D eigenvalue weighted by molar-refractivity contribution is -0.137. The van der Waals surface area contributed by atoms with Crippen LogP contribution in [0.5, 0.6) is 0 Å². The summed E-state index contributed by atoms with van der Waals surface area (Å²) in [6.45, 7) is 0. The Morgan fingerprint density at radius 2 is 1.57 bits per heavy atom. The maximum Gasteiger partial charge on any atom is 0.416 e. The highest BCUT2D eigenvalue weighted by molar-refractivity contribution is 7.87. The van der Waals surface area contributed by atoms with E-state index in [9.17, 15) is 21.6 Å². The average molecular weight is 317 g/mol. The van der Waals surface area contributed by atoms with Crippen LogP contribution in [0.2, 0.25) is 0 Å². The summed E-state index contributed by atoms with van der Waals surface area (Å²) in [4.78, 5) is 0. The van der Waals surface area contributed by atoms with Crippen molar-refractivity contribution in [3.8, 4) is 11.1 Å². The second-order valence-electron chi connectivity index (χ2n) is 4.23. The molecule has 0 atom stereocenters. The first-order chi connectivity index (χ1) is 9.65. The minimum Gasteiger partial charge on any atom is -0.269 e. The minimum atomic E-state index is -4.41. The Kier molecular flexibility index (Phi) is 3.93. The summed E-state index contributed by atoms with van der Waals surface area (Å²) in [7, 11) is -4.40. The Morgan fingerprint density at radius 3 is 2.10 bits per heavy atom. The summed E-state index contributed by atoms with van der Waals surface area (Å²) in [6, 6.07) is 10.4. The van der Waals surface area contributed by atoms with E-state index in [1.165, 1.54) is 30.3 Å². The van der Waals surface area contributed by atoms with Gasteiger partial charge in [-0.2, -0.15) is 21.6 Å². The van der Waals surface area contributed by atoms with Crippen LogP contribution in [0.4, 0.5) is 18.9 Å². The molecule has 0 bridgehead atoms. The predicted octanol–water partition coefficient (Wildman–Crippen LogP) is 3.59. The molecule has 4 nitrogen and oxygen atoms in total. The van der Waals surface area contributed by atoms with Gasteiger partial charge in [-0.1, -0.05) is 24.3 Å². The van der Waals surface area contributed by atoms with E-state index in [0.29, 0.717) is 11.1 Å². The first-order valence-corrected chi connectivity index (χ1v) is 7.12. The fourth-order valence-corrected chi connectivity index (χ4v) is 2.19. The van der Waals surface area contributed by atoms with Crippen LogP contribution < -0.4 is 4.72 Å². The van der Waals surface area contributed by atoms with Crippen molar-refractivity contribution in [1.82, 2.24) is 0 Å². The number of nitrogens with one attached hydrogen (secondary N) is 1. The molecule has 0 unspecified atom stereocenters. The van der Waals surface area contributed by atoms with E-state index < -0.39 is 22.0 Å². The Bertz CT molecular complexity index is 740. The molecule has 2 aromatic carbocycles. The number of hydrogen-bond acceptors (Lipinski definition) is 2. The van der Waals surface area contributed by atoms with Crippen LogP contribution in [-0.2, 0) is 16.5 Å². The van der Waals surface area contributed by atoms with E-state index in [2.05, 4.69) is 0 Å². The lowest BCUT2D eigenvalue weighted by Gasteiger charge is -2.09. The minimum absolute atomic E-state index is 0.106. The van der Waals surface area contributed by atoms with Crippen LogP contribution in [0.3, 0.4) is 0 Å². The smallest absolute Gasteiger partial charge is 0.269 e. The zero-order valence-electron chi connectivity index (χ0n) is 10.4. The van der Waals surface area contributed by atoms with E-state index in [1.807, 2.05) is 4.72 Å². The molecule has 0 saturated heterocycles. The molecule has 2 aromatic rings. The van der Waals surface area contributed by atoms with E-state index in [-0.39, 0.29) is 5.69 Å². The molecule has 112 valence electrons. The maximum absolute atomic E-state index is 12.5. The van der Waals surface area contributed by atoms with E-state index >= 15 is 0 Å². The largest absolute Gasteiger partial charge is 0.416 e. The topological polar surface area (TPSA) is 66.4 Å². The van der Waals surface area contributed by atoms with Crippen LogP contribution in [0, 0.1) is 0 Å². The number of alkyl halides is 3. The highest BCUT2D eigenvalue weighted by Crippen LogP contribution is 2.31. The van der Waals surface area contributed by atoms with Gasteiger partial charge in [-0.3, -0.25) is 9.27 Å². The van der Waals surface area contributed by atoms with Gasteiger partial charge in [-0.15, -0.1) is 0 Å². The van der Waals surface area contributed by atoms with Crippen LogP contribution in [0.15, 0.2) is 48.5 Å². The molecule has 0 spiro atoms. The molecule has 2 N–H and O–H groups in total. The van der Waals surface area contributed by atoms with E-state index in [0.717, 1.165) is 12.1 Å². The van der Waals surface area contributed by atoms with Crippen LogP contribution in [-0.4, -0.2) is 13.0 Å². The molecular weight excluding hydrogens is 307 g/mol. The second-order valence-corrected chi connectivity index (χ2v) is 5.39. The van der Waals surface area contributed by atoms with Crippen molar-refractivity contribution in [2.45, 2.75) is 6.18 Å². The monoisotopic (exact) mass is 317 g/mol. The third-order valence-corrected chi connectivity index (χ3v) is 3.15. The number of anilines is 1. The first-order valence-electron chi connectivity index (χ1n) is 5.68. The van der Waals surface area contributed by atoms with Crippen molar-refractivity contribution < 1.29 is 26.1 Å². The highest BCUT2D eigenvalue weighted by atomic mass is 32.2. The van der Waals surface area contributed by atoms with Crippen molar-refractivity contribution in [2.24, 2.45) is 0 Å². The first kappa shape index (κ1) is 15.3. The zero-order valence-corrected chi connectivity index (χ0v) is 11.2. The van der Waals surface area contributed by atoms with Crippen molar-refractivity contribution in [3.63, 3.8) is 0 Å². The number of hydrogen-bond donors (Lipinski definition) is 2. The Morgan fingerprint density at radius 1 is 0.952 bits per heavy atom. The molecule has 21 heavy (non-hydrogen) atoms. The molecule has 0 heterocycles. The van der Waals surface area contributed by atoms with Gasteiger partial charge in [0.05, 0.1) is 11.3 Å². The average Bonchev–Trinajstić information content (AvgIpc) is 2.36. The Balaban J connectivity index is 2.32. The van der Waals surface area contributed by atoms with Crippen molar-refractivity contribution in [3.05, 3.63) is 54.1 Å². The number of benzene rings is 2. The van der Waals surface area contributed by atoms with Gasteiger partial charge < -0.3 is 0 Å². The van der Waals surface area contributed by atoms with Crippen molar-refractivity contribution in [2.75, 3.05) is 4.72 Å². The zero-order chi connectivity index (χ0) is 15.7. The molecule has 8 heteroatoms. The molecule has 0 radical (unpaired) electrons. The molecule has 2 rings (SSSR count). The third-order valence-electron chi connectivity index (χ3n) is 2.65. The Hall–Kier alpha value is -2.06. The van der Waals surface area contributed by atoms with E-state index in [4.69, 9.17) is 4.55 Å². The van der Waals surface area contributed by atoms with Gasteiger partial charge in [0, 0.05) is 0 Å². The van der Waals surface area contributed by atoms with Gasteiger partial charge in [0.15, 0.2) is 0 Å². The molecular formula is C13H10F3NO3S. The molecule has 0 aliphatic rings. The van der Waals surface area contributed by atoms with Gasteiger partial charge in [-0.25, -0.2) is 0 Å². The lowest BCUT2D eigenvalue weighted by Crippen LogP contribution is -2.10. The summed E-state index contributed by atoms with van der Waals surface area (Å²) >= 11 is 0. The third kappa shape index (κ3) is 4.20. The van der Waals surface area contributed by atoms with E-state index in [1.54, 1.807) is 6.07 Å². The second kappa shape index (κ2) is 5.38. The molecule has 0 saturated carbocycles.